The second-order valence-corrected chi connectivity index (χ2v) is 16.9. The molecule has 11 aromatic rings. The molecule has 1 heterocycles. The third-order valence-corrected chi connectivity index (χ3v) is 13.1. The minimum atomic E-state index is -0.205. The fourth-order valence-corrected chi connectivity index (χ4v) is 10.4. The van der Waals surface area contributed by atoms with Crippen LogP contribution in [0.4, 0.5) is 17.1 Å². The molecule has 2 heteroatoms. The molecule has 0 fully saturated rings. The summed E-state index contributed by atoms with van der Waals surface area (Å²) in [6, 6.07) is 80.5. The molecule has 0 spiro atoms. The third-order valence-electron chi connectivity index (χ3n) is 13.1. The number of rotatable bonds is 6. The first kappa shape index (κ1) is 35.3. The van der Waals surface area contributed by atoms with E-state index < -0.39 is 0 Å². The van der Waals surface area contributed by atoms with Crippen LogP contribution in [-0.2, 0) is 5.41 Å². The van der Waals surface area contributed by atoms with Gasteiger partial charge in [0, 0.05) is 33.1 Å². The van der Waals surface area contributed by atoms with E-state index >= 15 is 0 Å². The standard InChI is InChI=1S/C59H42N2/c1-59(2)52-38-43(33-35-48(52)50-36-32-41-20-11-12-24-47(41)57(50)59)56-46(40-18-5-3-6-19-40)26-15-29-54(56)60(45-34-31-39-17-9-10-21-42(39)37-45)55-30-16-27-51-49-25-13-14-28-53(49)61(58(51)55)44-22-7-4-8-23-44/h3-38H,1-2H3. The average molecular weight is 779 g/mol. The van der Waals surface area contributed by atoms with Gasteiger partial charge in [0.05, 0.1) is 22.4 Å². The molecule has 12 rings (SSSR count). The number of hydrogen-bond donors (Lipinski definition) is 0. The van der Waals surface area contributed by atoms with Gasteiger partial charge in [-0.15, -0.1) is 0 Å². The van der Waals surface area contributed by atoms with Crippen molar-refractivity contribution in [3.63, 3.8) is 0 Å². The maximum absolute atomic E-state index is 2.52. The van der Waals surface area contributed by atoms with E-state index in [-0.39, 0.29) is 5.41 Å². The molecule has 0 unspecified atom stereocenters. The van der Waals surface area contributed by atoms with Gasteiger partial charge in [-0.25, -0.2) is 0 Å². The number of anilines is 3. The first-order valence-electron chi connectivity index (χ1n) is 21.3. The van der Waals surface area contributed by atoms with E-state index in [2.05, 4.69) is 242 Å². The van der Waals surface area contributed by atoms with Gasteiger partial charge in [0.1, 0.15) is 0 Å². The lowest BCUT2D eigenvalue weighted by Crippen LogP contribution is -2.16. The maximum Gasteiger partial charge on any atom is 0.0782 e. The highest BCUT2D eigenvalue weighted by Gasteiger charge is 2.37. The fraction of sp³-hybridized carbons (Fsp3) is 0.0508. The molecule has 1 aliphatic carbocycles. The van der Waals surface area contributed by atoms with Gasteiger partial charge in [-0.2, -0.15) is 0 Å². The highest BCUT2D eigenvalue weighted by Crippen LogP contribution is 2.54. The Morgan fingerprint density at radius 2 is 1.05 bits per heavy atom. The molecular formula is C59H42N2. The largest absolute Gasteiger partial charge is 0.308 e. The molecule has 1 aromatic heterocycles. The van der Waals surface area contributed by atoms with Crippen molar-refractivity contribution >= 4 is 60.4 Å². The first-order chi connectivity index (χ1) is 30.0. The molecule has 1 aliphatic rings. The predicted octanol–water partition coefficient (Wildman–Crippen LogP) is 16.2. The van der Waals surface area contributed by atoms with Crippen LogP contribution in [0.2, 0.25) is 0 Å². The quantitative estimate of drug-likeness (QED) is 0.163. The van der Waals surface area contributed by atoms with Crippen LogP contribution in [-0.4, -0.2) is 4.57 Å². The first-order valence-corrected chi connectivity index (χ1v) is 21.3. The summed E-state index contributed by atoms with van der Waals surface area (Å²) in [6.07, 6.45) is 0. The lowest BCUT2D eigenvalue weighted by molar-refractivity contribution is 0.666. The van der Waals surface area contributed by atoms with Crippen LogP contribution in [0.15, 0.2) is 218 Å². The molecule has 0 amide bonds. The minimum absolute atomic E-state index is 0.205. The third kappa shape index (κ3) is 5.42. The Balaban J connectivity index is 1.18. The average Bonchev–Trinajstić information content (AvgIpc) is 3.78. The summed E-state index contributed by atoms with van der Waals surface area (Å²) in [4.78, 5) is 2.52. The summed E-state index contributed by atoms with van der Waals surface area (Å²) in [5, 5.41) is 7.48. The Labute approximate surface area is 356 Å². The smallest absolute Gasteiger partial charge is 0.0782 e. The normalized spacial score (nSPS) is 12.9. The van der Waals surface area contributed by atoms with E-state index in [0.29, 0.717) is 0 Å². The maximum atomic E-state index is 2.52. The van der Waals surface area contributed by atoms with E-state index in [4.69, 9.17) is 0 Å². The monoisotopic (exact) mass is 778 g/mol. The SMILES string of the molecule is CC1(C)c2cc(-c3c(-c4ccccc4)cccc3N(c3ccc4ccccc4c3)c3cccc4c5ccccc5n(-c5ccccc5)c34)ccc2-c2ccc3ccccc3c21. The minimum Gasteiger partial charge on any atom is -0.308 e. The molecule has 0 saturated heterocycles. The Morgan fingerprint density at radius 3 is 1.89 bits per heavy atom. The van der Waals surface area contributed by atoms with Gasteiger partial charge in [-0.1, -0.05) is 184 Å². The number of benzene rings is 10. The van der Waals surface area contributed by atoms with Crippen molar-refractivity contribution in [1.29, 1.82) is 0 Å². The van der Waals surface area contributed by atoms with Crippen LogP contribution in [0.5, 0.6) is 0 Å². The molecule has 61 heavy (non-hydrogen) atoms. The molecule has 10 aromatic carbocycles. The highest BCUT2D eigenvalue weighted by atomic mass is 15.2. The van der Waals surface area contributed by atoms with Crippen molar-refractivity contribution in [3.8, 4) is 39.1 Å². The van der Waals surface area contributed by atoms with Crippen molar-refractivity contribution in [3.05, 3.63) is 230 Å². The number of fused-ring (bicyclic) bond motifs is 9. The molecule has 0 bridgehead atoms. The molecular weight excluding hydrogens is 737 g/mol. The van der Waals surface area contributed by atoms with Crippen LogP contribution in [0, 0.1) is 0 Å². The molecule has 0 N–H and O–H groups in total. The number of aromatic nitrogens is 1. The molecule has 0 saturated carbocycles. The Morgan fingerprint density at radius 1 is 0.410 bits per heavy atom. The fourth-order valence-electron chi connectivity index (χ4n) is 10.4. The van der Waals surface area contributed by atoms with E-state index in [0.717, 1.165) is 28.3 Å². The lowest BCUT2D eigenvalue weighted by Gasteiger charge is -2.31. The van der Waals surface area contributed by atoms with Gasteiger partial charge < -0.3 is 9.47 Å². The van der Waals surface area contributed by atoms with Gasteiger partial charge in [0.2, 0.25) is 0 Å². The van der Waals surface area contributed by atoms with Crippen molar-refractivity contribution in [2.45, 2.75) is 19.3 Å². The number of para-hydroxylation sites is 3. The van der Waals surface area contributed by atoms with E-state index in [9.17, 15) is 0 Å². The summed E-state index contributed by atoms with van der Waals surface area (Å²) in [6.45, 7) is 4.81. The predicted molar refractivity (Wildman–Crippen MR) is 259 cm³/mol. The van der Waals surface area contributed by atoms with Crippen LogP contribution in [0.3, 0.4) is 0 Å². The number of nitrogens with zero attached hydrogens (tertiary/aromatic N) is 2. The van der Waals surface area contributed by atoms with Crippen LogP contribution < -0.4 is 4.90 Å². The zero-order chi connectivity index (χ0) is 40.7. The Bertz CT molecular complexity index is 3500. The zero-order valence-corrected chi connectivity index (χ0v) is 34.2. The van der Waals surface area contributed by atoms with Crippen molar-refractivity contribution in [2.24, 2.45) is 0 Å². The molecule has 288 valence electrons. The molecule has 0 atom stereocenters. The van der Waals surface area contributed by atoms with Crippen molar-refractivity contribution in [2.75, 3.05) is 4.90 Å². The topological polar surface area (TPSA) is 8.17 Å². The molecule has 0 aliphatic heterocycles. The van der Waals surface area contributed by atoms with Crippen LogP contribution in [0.25, 0.3) is 82.4 Å². The highest BCUT2D eigenvalue weighted by molar-refractivity contribution is 6.15. The summed E-state index contributed by atoms with van der Waals surface area (Å²) >= 11 is 0. The summed E-state index contributed by atoms with van der Waals surface area (Å²) in [5.74, 6) is 0. The lowest BCUT2D eigenvalue weighted by atomic mass is 9.79. The molecule has 2 nitrogen and oxygen atoms in total. The van der Waals surface area contributed by atoms with E-state index in [1.807, 2.05) is 0 Å². The van der Waals surface area contributed by atoms with Crippen LogP contribution >= 0.6 is 0 Å². The van der Waals surface area contributed by atoms with Crippen LogP contribution in [0.1, 0.15) is 25.0 Å². The second kappa shape index (κ2) is 13.7. The molecule has 0 radical (unpaired) electrons. The summed E-state index contributed by atoms with van der Waals surface area (Å²) in [7, 11) is 0. The summed E-state index contributed by atoms with van der Waals surface area (Å²) < 4.78 is 2.45. The van der Waals surface area contributed by atoms with Gasteiger partial charge in [0.25, 0.3) is 0 Å². The van der Waals surface area contributed by atoms with E-state index in [1.54, 1.807) is 0 Å². The second-order valence-electron chi connectivity index (χ2n) is 16.9. The van der Waals surface area contributed by atoms with Crippen molar-refractivity contribution < 1.29 is 0 Å². The van der Waals surface area contributed by atoms with Crippen molar-refractivity contribution in [1.82, 2.24) is 4.57 Å². The van der Waals surface area contributed by atoms with Gasteiger partial charge in [-0.05, 0) is 109 Å². The Hall–Kier alpha value is -7.68. The Kier molecular flexibility index (Phi) is 7.92. The summed E-state index contributed by atoms with van der Waals surface area (Å²) in [5.41, 5.74) is 16.8. The van der Waals surface area contributed by atoms with Gasteiger partial charge >= 0.3 is 0 Å². The van der Waals surface area contributed by atoms with E-state index in [1.165, 1.54) is 82.3 Å². The van der Waals surface area contributed by atoms with Gasteiger partial charge in [0.15, 0.2) is 0 Å². The number of hydrogen-bond acceptors (Lipinski definition) is 1. The van der Waals surface area contributed by atoms with Gasteiger partial charge in [-0.3, -0.25) is 0 Å². The zero-order valence-electron chi connectivity index (χ0n) is 34.2.